The normalized spacial score (nSPS) is 10.6. The number of hydrogen-bond donors (Lipinski definition) is 1. The fourth-order valence-corrected chi connectivity index (χ4v) is 2.74. The predicted molar refractivity (Wildman–Crippen MR) is 84.4 cm³/mol. The van der Waals surface area contributed by atoms with E-state index in [1.54, 1.807) is 0 Å². The number of nitrogens with one attached hydrogen (secondary N) is 1. The summed E-state index contributed by atoms with van der Waals surface area (Å²) in [6, 6.07) is 10.1. The van der Waals surface area contributed by atoms with Crippen molar-refractivity contribution in [2.75, 3.05) is 5.75 Å². The predicted octanol–water partition coefficient (Wildman–Crippen LogP) is 4.82. The number of halogens is 1. The van der Waals surface area contributed by atoms with Gasteiger partial charge in [-0.3, -0.25) is 0 Å². The van der Waals surface area contributed by atoms with E-state index < -0.39 is 0 Å². The largest absolute Gasteiger partial charge is 0.342 e. The summed E-state index contributed by atoms with van der Waals surface area (Å²) >= 11 is 10.6. The summed E-state index contributed by atoms with van der Waals surface area (Å²) in [6.45, 7) is 2.14. The molecule has 0 unspecified atom stereocenters. The molecule has 0 fully saturated rings. The molecular weight excluding hydrogens is 328 g/mol. The van der Waals surface area contributed by atoms with Crippen molar-refractivity contribution in [3.05, 3.63) is 45.3 Å². The monoisotopic (exact) mass is 340 g/mol. The molecule has 0 aliphatic rings. The van der Waals surface area contributed by atoms with Crippen molar-refractivity contribution in [1.29, 1.82) is 0 Å². The molecule has 0 saturated carbocycles. The summed E-state index contributed by atoms with van der Waals surface area (Å²) in [6.07, 6.45) is 0. The van der Waals surface area contributed by atoms with Crippen LogP contribution in [0.4, 0.5) is 0 Å². The molecule has 0 aliphatic heterocycles. The first-order valence-electron chi connectivity index (χ1n) is 5.64. The van der Waals surface area contributed by atoms with Crippen molar-refractivity contribution >= 4 is 39.9 Å². The van der Waals surface area contributed by atoms with Crippen LogP contribution in [0.3, 0.4) is 0 Å². The van der Waals surface area contributed by atoms with Gasteiger partial charge in [0.1, 0.15) is 10.5 Å². The van der Waals surface area contributed by atoms with Gasteiger partial charge >= 0.3 is 0 Å². The smallest absolute Gasteiger partial charge is 0.144 e. The van der Waals surface area contributed by atoms with Gasteiger partial charge in [0.05, 0.1) is 15.9 Å². The molecule has 1 aromatic heterocycles. The third-order valence-electron chi connectivity index (χ3n) is 2.42. The Kier molecular flexibility index (Phi) is 4.97. The fourth-order valence-electron chi connectivity index (χ4n) is 1.58. The highest BCUT2D eigenvalue weighted by molar-refractivity contribution is 9.10. The van der Waals surface area contributed by atoms with Gasteiger partial charge in [0, 0.05) is 0 Å². The van der Waals surface area contributed by atoms with E-state index in [4.69, 9.17) is 12.2 Å². The molecule has 2 aromatic rings. The van der Waals surface area contributed by atoms with E-state index >= 15 is 0 Å². The van der Waals surface area contributed by atoms with Gasteiger partial charge < -0.3 is 4.98 Å². The van der Waals surface area contributed by atoms with Crippen LogP contribution < -0.4 is 0 Å². The van der Waals surface area contributed by atoms with Gasteiger partial charge in [-0.1, -0.05) is 49.5 Å². The second kappa shape index (κ2) is 6.50. The lowest BCUT2D eigenvalue weighted by Crippen LogP contribution is -1.97. The molecule has 18 heavy (non-hydrogen) atoms. The number of H-pyrrole nitrogens is 1. The van der Waals surface area contributed by atoms with Crippen molar-refractivity contribution in [2.24, 2.45) is 0 Å². The molecule has 1 heterocycles. The minimum Gasteiger partial charge on any atom is -0.342 e. The Bertz CT molecular complexity index is 581. The van der Waals surface area contributed by atoms with Crippen molar-refractivity contribution in [1.82, 2.24) is 9.97 Å². The molecule has 0 atom stereocenters. The minimum absolute atomic E-state index is 0.610. The topological polar surface area (TPSA) is 28.7 Å². The highest BCUT2D eigenvalue weighted by Gasteiger charge is 2.08. The van der Waals surface area contributed by atoms with Crippen LogP contribution in [-0.2, 0) is 5.75 Å². The van der Waals surface area contributed by atoms with E-state index in [1.807, 2.05) is 30.0 Å². The molecule has 1 aromatic carbocycles. The Labute approximate surface area is 124 Å². The van der Waals surface area contributed by atoms with E-state index in [2.05, 4.69) is 45.0 Å². The van der Waals surface area contributed by atoms with Crippen LogP contribution in [0.2, 0.25) is 0 Å². The molecule has 5 heteroatoms. The molecule has 94 valence electrons. The molecule has 1 N–H and O–H groups in total. The van der Waals surface area contributed by atoms with Crippen molar-refractivity contribution in [2.45, 2.75) is 12.7 Å². The molecule has 0 spiro atoms. The second-order valence-corrected chi connectivity index (χ2v) is 6.13. The zero-order chi connectivity index (χ0) is 13.0. The van der Waals surface area contributed by atoms with Crippen LogP contribution in [0.25, 0.3) is 11.3 Å². The Morgan fingerprint density at radius 3 is 2.72 bits per heavy atom. The standard InChI is InChI=1S/C13H13BrN2S2/c1-2-18-8-10-15-12(11(14)13(17)16-10)9-6-4-3-5-7-9/h3-7H,2,8H2,1H3,(H,15,16,17). The molecule has 0 bridgehead atoms. The lowest BCUT2D eigenvalue weighted by atomic mass is 10.1. The molecule has 0 aliphatic carbocycles. The number of hydrogen-bond acceptors (Lipinski definition) is 3. The number of aromatic nitrogens is 2. The summed E-state index contributed by atoms with van der Waals surface area (Å²) < 4.78 is 1.47. The molecule has 2 rings (SSSR count). The van der Waals surface area contributed by atoms with Crippen LogP contribution in [-0.4, -0.2) is 15.7 Å². The number of rotatable bonds is 4. The van der Waals surface area contributed by atoms with Gasteiger partial charge in [0.25, 0.3) is 0 Å². The Balaban J connectivity index is 2.46. The Morgan fingerprint density at radius 1 is 1.33 bits per heavy atom. The number of nitrogens with zero attached hydrogens (tertiary/aromatic N) is 1. The highest BCUT2D eigenvalue weighted by Crippen LogP contribution is 2.27. The summed E-state index contributed by atoms with van der Waals surface area (Å²) in [5.74, 6) is 2.85. The average Bonchev–Trinajstić information content (AvgIpc) is 2.41. The summed E-state index contributed by atoms with van der Waals surface area (Å²) in [5.41, 5.74) is 2.11. The molecule has 0 amide bonds. The van der Waals surface area contributed by atoms with Gasteiger partial charge in [-0.2, -0.15) is 11.8 Å². The molecule has 0 radical (unpaired) electrons. The zero-order valence-corrected chi connectivity index (χ0v) is 13.2. The Hall–Kier alpha value is -0.650. The van der Waals surface area contributed by atoms with E-state index in [1.165, 1.54) is 0 Å². The van der Waals surface area contributed by atoms with E-state index in [0.29, 0.717) is 4.64 Å². The van der Waals surface area contributed by atoms with Crippen molar-refractivity contribution in [3.63, 3.8) is 0 Å². The van der Waals surface area contributed by atoms with Crippen molar-refractivity contribution in [3.8, 4) is 11.3 Å². The zero-order valence-electron chi connectivity index (χ0n) is 9.94. The number of aromatic amines is 1. The minimum atomic E-state index is 0.610. The van der Waals surface area contributed by atoms with Crippen LogP contribution in [0.15, 0.2) is 34.8 Å². The first kappa shape index (κ1) is 13.8. The maximum Gasteiger partial charge on any atom is 0.144 e. The first-order chi connectivity index (χ1) is 8.72. The summed E-state index contributed by atoms with van der Waals surface area (Å²) in [7, 11) is 0. The van der Waals surface area contributed by atoms with Crippen LogP contribution in [0.5, 0.6) is 0 Å². The summed E-state index contributed by atoms with van der Waals surface area (Å²) in [4.78, 5) is 7.75. The van der Waals surface area contributed by atoms with Gasteiger partial charge in [-0.25, -0.2) is 4.98 Å². The maximum absolute atomic E-state index is 5.29. The Morgan fingerprint density at radius 2 is 2.06 bits per heavy atom. The molecular formula is C13H13BrN2S2. The van der Waals surface area contributed by atoms with Gasteiger partial charge in [-0.15, -0.1) is 0 Å². The van der Waals surface area contributed by atoms with Gasteiger partial charge in [-0.05, 0) is 27.2 Å². The third-order valence-corrected chi connectivity index (χ3v) is 4.63. The highest BCUT2D eigenvalue weighted by atomic mass is 79.9. The lowest BCUT2D eigenvalue weighted by Gasteiger charge is -2.08. The third kappa shape index (κ3) is 3.22. The number of benzene rings is 1. The molecule has 2 nitrogen and oxygen atoms in total. The van der Waals surface area contributed by atoms with Crippen LogP contribution >= 0.6 is 39.9 Å². The lowest BCUT2D eigenvalue weighted by molar-refractivity contribution is 1.02. The van der Waals surface area contributed by atoms with Crippen LogP contribution in [0, 0.1) is 4.64 Å². The van der Waals surface area contributed by atoms with E-state index in [-0.39, 0.29) is 0 Å². The molecule has 0 saturated heterocycles. The fraction of sp³-hybridized carbons (Fsp3) is 0.231. The van der Waals surface area contributed by atoms with Crippen LogP contribution in [0.1, 0.15) is 12.7 Å². The van der Waals surface area contributed by atoms with Crippen molar-refractivity contribution < 1.29 is 0 Å². The summed E-state index contributed by atoms with van der Waals surface area (Å²) in [5, 5.41) is 0. The quantitative estimate of drug-likeness (QED) is 0.808. The SMILES string of the molecule is CCSCc1nc(=S)c(Br)c(-c2ccccc2)[nH]1. The first-order valence-corrected chi connectivity index (χ1v) is 7.99. The maximum atomic E-state index is 5.29. The second-order valence-electron chi connectivity index (χ2n) is 3.68. The van der Waals surface area contributed by atoms with E-state index in [9.17, 15) is 0 Å². The average molecular weight is 341 g/mol. The van der Waals surface area contributed by atoms with Gasteiger partial charge in [0.2, 0.25) is 0 Å². The van der Waals surface area contributed by atoms with E-state index in [0.717, 1.165) is 33.1 Å². The van der Waals surface area contributed by atoms with Gasteiger partial charge in [0.15, 0.2) is 0 Å². The number of thioether (sulfide) groups is 1.